The Morgan fingerprint density at radius 2 is 2.06 bits per heavy atom. The van der Waals surface area contributed by atoms with Gasteiger partial charge in [0.1, 0.15) is 5.75 Å². The molecule has 0 fully saturated rings. The van der Waals surface area contributed by atoms with E-state index < -0.39 is 0 Å². The van der Waals surface area contributed by atoms with Gasteiger partial charge >= 0.3 is 0 Å². The predicted molar refractivity (Wildman–Crippen MR) is 71.0 cm³/mol. The van der Waals surface area contributed by atoms with Crippen molar-refractivity contribution in [2.75, 3.05) is 0 Å². The van der Waals surface area contributed by atoms with Crippen LogP contribution in [0.4, 0.5) is 0 Å². The van der Waals surface area contributed by atoms with Crippen LogP contribution in [-0.4, -0.2) is 9.97 Å². The van der Waals surface area contributed by atoms with Crippen molar-refractivity contribution in [2.24, 2.45) is 0 Å². The number of nitrogens with zero attached hydrogens (tertiary/aromatic N) is 2. The molecule has 0 saturated carbocycles. The molecule has 0 unspecified atom stereocenters. The van der Waals surface area contributed by atoms with Gasteiger partial charge in [0.2, 0.25) is 11.2 Å². The van der Waals surface area contributed by atoms with Crippen LogP contribution in [0.25, 0.3) is 0 Å². The first kappa shape index (κ1) is 12.6. The monoisotopic (exact) mass is 332 g/mol. The lowest BCUT2D eigenvalue weighted by Crippen LogP contribution is -1.94. The third-order valence-electron chi connectivity index (χ3n) is 2.00. The summed E-state index contributed by atoms with van der Waals surface area (Å²) in [5.74, 6) is 0.906. The highest BCUT2D eigenvalue weighted by molar-refractivity contribution is 9.10. The van der Waals surface area contributed by atoms with Crippen molar-refractivity contribution in [1.82, 2.24) is 9.97 Å². The Hall–Kier alpha value is -0.840. The first-order valence-corrected chi connectivity index (χ1v) is 6.23. The third kappa shape index (κ3) is 3.09. The molecule has 0 N–H and O–H groups in total. The van der Waals surface area contributed by atoms with E-state index in [4.69, 9.17) is 27.9 Å². The van der Waals surface area contributed by atoms with Crippen molar-refractivity contribution in [3.63, 3.8) is 0 Å². The van der Waals surface area contributed by atoms with Gasteiger partial charge in [-0.2, -0.15) is 4.98 Å². The van der Waals surface area contributed by atoms with Gasteiger partial charge in [0.05, 0.1) is 5.02 Å². The Kier molecular flexibility index (Phi) is 3.86. The van der Waals surface area contributed by atoms with Crippen molar-refractivity contribution in [3.8, 4) is 11.6 Å². The van der Waals surface area contributed by atoms with Gasteiger partial charge in [0, 0.05) is 16.2 Å². The minimum atomic E-state index is 0.136. The van der Waals surface area contributed by atoms with Crippen molar-refractivity contribution in [3.05, 3.63) is 44.7 Å². The van der Waals surface area contributed by atoms with Gasteiger partial charge in [-0.3, -0.25) is 0 Å². The fourth-order valence-electron chi connectivity index (χ4n) is 1.17. The van der Waals surface area contributed by atoms with E-state index >= 15 is 0 Å². The number of hydrogen-bond donors (Lipinski definition) is 0. The molecule has 0 aliphatic carbocycles. The number of aryl methyl sites for hydroxylation is 1. The van der Waals surface area contributed by atoms with E-state index in [0.717, 1.165) is 10.0 Å². The van der Waals surface area contributed by atoms with Gasteiger partial charge in [-0.15, -0.1) is 0 Å². The standard InChI is InChI=1S/C11H7BrCl2N2O/c1-6-5-15-11(14)16-10(6)17-9-4-7(12)2-3-8(9)13/h2-5H,1H3. The van der Waals surface area contributed by atoms with Gasteiger partial charge in [0.25, 0.3) is 0 Å². The van der Waals surface area contributed by atoms with Crippen LogP contribution in [0, 0.1) is 6.92 Å². The van der Waals surface area contributed by atoms with Crippen molar-refractivity contribution >= 4 is 39.1 Å². The van der Waals surface area contributed by atoms with Gasteiger partial charge < -0.3 is 4.74 Å². The van der Waals surface area contributed by atoms with E-state index in [1.807, 2.05) is 13.0 Å². The molecule has 88 valence electrons. The summed E-state index contributed by atoms with van der Waals surface area (Å²) >= 11 is 15.1. The molecule has 0 saturated heterocycles. The minimum absolute atomic E-state index is 0.136. The Bertz CT molecular complexity index is 514. The molecule has 2 rings (SSSR count). The van der Waals surface area contributed by atoms with Crippen molar-refractivity contribution in [1.29, 1.82) is 0 Å². The van der Waals surface area contributed by atoms with E-state index in [2.05, 4.69) is 25.9 Å². The summed E-state index contributed by atoms with van der Waals surface area (Å²) in [5.41, 5.74) is 0.783. The molecule has 0 aliphatic rings. The Morgan fingerprint density at radius 3 is 2.82 bits per heavy atom. The summed E-state index contributed by atoms with van der Waals surface area (Å²) in [7, 11) is 0. The second-order valence-electron chi connectivity index (χ2n) is 3.30. The summed E-state index contributed by atoms with van der Waals surface area (Å²) < 4.78 is 6.47. The zero-order valence-corrected chi connectivity index (χ0v) is 11.8. The summed E-state index contributed by atoms with van der Waals surface area (Å²) in [6, 6.07) is 5.33. The summed E-state index contributed by atoms with van der Waals surface area (Å²) in [6.07, 6.45) is 1.59. The first-order valence-electron chi connectivity index (χ1n) is 4.68. The molecular formula is C11H7BrCl2N2O. The maximum absolute atomic E-state index is 6.02. The Balaban J connectivity index is 2.37. The molecule has 17 heavy (non-hydrogen) atoms. The smallest absolute Gasteiger partial charge is 0.226 e. The van der Waals surface area contributed by atoms with Crippen LogP contribution >= 0.6 is 39.1 Å². The normalized spacial score (nSPS) is 10.4. The fourth-order valence-corrected chi connectivity index (χ4v) is 1.79. The number of aromatic nitrogens is 2. The quantitative estimate of drug-likeness (QED) is 0.750. The van der Waals surface area contributed by atoms with Crippen molar-refractivity contribution < 1.29 is 4.74 Å². The molecule has 3 nitrogen and oxygen atoms in total. The molecule has 0 atom stereocenters. The molecule has 6 heteroatoms. The zero-order valence-electron chi connectivity index (χ0n) is 8.75. The Labute approximate surface area is 117 Å². The molecule has 0 amide bonds. The van der Waals surface area contributed by atoms with E-state index in [-0.39, 0.29) is 5.28 Å². The van der Waals surface area contributed by atoms with Crippen LogP contribution < -0.4 is 4.74 Å². The van der Waals surface area contributed by atoms with Crippen LogP contribution in [0.15, 0.2) is 28.9 Å². The second-order valence-corrected chi connectivity index (χ2v) is 4.96. The number of benzene rings is 1. The maximum atomic E-state index is 6.02. The predicted octanol–water partition coefficient (Wildman–Crippen LogP) is 4.65. The van der Waals surface area contributed by atoms with Gasteiger partial charge in [-0.25, -0.2) is 4.98 Å². The van der Waals surface area contributed by atoms with Crippen LogP contribution in [0.5, 0.6) is 11.6 Å². The molecular weight excluding hydrogens is 327 g/mol. The summed E-state index contributed by atoms with van der Waals surface area (Å²) in [5, 5.41) is 0.638. The molecule has 2 aromatic rings. The highest BCUT2D eigenvalue weighted by atomic mass is 79.9. The average molecular weight is 334 g/mol. The SMILES string of the molecule is Cc1cnc(Cl)nc1Oc1cc(Br)ccc1Cl. The van der Waals surface area contributed by atoms with Crippen LogP contribution in [-0.2, 0) is 0 Å². The lowest BCUT2D eigenvalue weighted by Gasteiger charge is -2.09. The molecule has 1 heterocycles. The van der Waals surface area contributed by atoms with Gasteiger partial charge in [0.15, 0.2) is 0 Å². The van der Waals surface area contributed by atoms with Gasteiger partial charge in [-0.05, 0) is 36.7 Å². The van der Waals surface area contributed by atoms with E-state index in [1.54, 1.807) is 18.3 Å². The lowest BCUT2D eigenvalue weighted by atomic mass is 10.3. The summed E-state index contributed by atoms with van der Waals surface area (Å²) in [6.45, 7) is 1.83. The molecule has 0 bridgehead atoms. The zero-order chi connectivity index (χ0) is 12.4. The lowest BCUT2D eigenvalue weighted by molar-refractivity contribution is 0.457. The third-order valence-corrected chi connectivity index (χ3v) is 2.98. The maximum Gasteiger partial charge on any atom is 0.226 e. The highest BCUT2D eigenvalue weighted by Gasteiger charge is 2.08. The van der Waals surface area contributed by atoms with Crippen LogP contribution in [0.1, 0.15) is 5.56 Å². The molecule has 0 radical (unpaired) electrons. The van der Waals surface area contributed by atoms with Gasteiger partial charge in [-0.1, -0.05) is 27.5 Å². The first-order chi connectivity index (χ1) is 8.06. The van der Waals surface area contributed by atoms with Crippen LogP contribution in [0.3, 0.4) is 0 Å². The number of ether oxygens (including phenoxy) is 1. The second kappa shape index (κ2) is 5.21. The van der Waals surface area contributed by atoms with E-state index in [9.17, 15) is 0 Å². The van der Waals surface area contributed by atoms with E-state index in [1.165, 1.54) is 0 Å². The molecule has 0 spiro atoms. The molecule has 1 aromatic heterocycles. The summed E-state index contributed by atoms with van der Waals surface area (Å²) in [4.78, 5) is 7.85. The largest absolute Gasteiger partial charge is 0.437 e. The fraction of sp³-hybridized carbons (Fsp3) is 0.0909. The number of hydrogen-bond acceptors (Lipinski definition) is 3. The highest BCUT2D eigenvalue weighted by Crippen LogP contribution is 2.32. The van der Waals surface area contributed by atoms with Crippen LogP contribution in [0.2, 0.25) is 10.3 Å². The molecule has 0 aliphatic heterocycles. The number of halogens is 3. The van der Waals surface area contributed by atoms with E-state index in [0.29, 0.717) is 16.7 Å². The minimum Gasteiger partial charge on any atom is -0.437 e. The topological polar surface area (TPSA) is 35.0 Å². The molecule has 1 aromatic carbocycles. The van der Waals surface area contributed by atoms with Crippen molar-refractivity contribution in [2.45, 2.75) is 6.92 Å². The number of rotatable bonds is 2. The average Bonchev–Trinajstić information content (AvgIpc) is 2.28. The Morgan fingerprint density at radius 1 is 1.29 bits per heavy atom.